The summed E-state index contributed by atoms with van der Waals surface area (Å²) in [6.07, 6.45) is 2.52. The quantitative estimate of drug-likeness (QED) is 0.901. The fourth-order valence-corrected chi connectivity index (χ4v) is 2.03. The Morgan fingerprint density at radius 2 is 2.28 bits per heavy atom. The van der Waals surface area contributed by atoms with Gasteiger partial charge in [0.05, 0.1) is 19.9 Å². The first-order valence-electron chi connectivity index (χ1n) is 5.77. The Labute approximate surface area is 111 Å². The van der Waals surface area contributed by atoms with Crippen LogP contribution >= 0.6 is 11.6 Å². The number of ether oxygens (including phenoxy) is 1. The molecule has 2 rings (SSSR count). The first-order chi connectivity index (χ1) is 8.74. The fourth-order valence-electron chi connectivity index (χ4n) is 1.79. The molecule has 0 spiro atoms. The Kier molecular flexibility index (Phi) is 4.23. The van der Waals surface area contributed by atoms with Gasteiger partial charge in [-0.05, 0) is 30.7 Å². The molecule has 0 radical (unpaired) electrons. The smallest absolute Gasteiger partial charge is 0.130 e. The van der Waals surface area contributed by atoms with Crippen LogP contribution in [0.3, 0.4) is 0 Å². The van der Waals surface area contributed by atoms with E-state index in [0.717, 1.165) is 23.3 Å². The van der Waals surface area contributed by atoms with Crippen molar-refractivity contribution in [2.45, 2.75) is 13.0 Å². The van der Waals surface area contributed by atoms with E-state index in [4.69, 9.17) is 22.1 Å². The van der Waals surface area contributed by atoms with Crippen molar-refractivity contribution in [1.82, 2.24) is 9.78 Å². The highest BCUT2D eigenvalue weighted by Gasteiger charge is 2.08. The highest BCUT2D eigenvalue weighted by Crippen LogP contribution is 2.19. The molecule has 5 heteroatoms. The standard InChI is InChI=1S/C13H16ClN3O/c1-18-12-4-2-3-10(7-12)9-17-13(14)11(5-6-15)8-16-17/h2-4,7-8H,5-6,9,15H2,1H3. The molecule has 2 aromatic rings. The minimum Gasteiger partial charge on any atom is -0.497 e. The summed E-state index contributed by atoms with van der Waals surface area (Å²) in [4.78, 5) is 0. The summed E-state index contributed by atoms with van der Waals surface area (Å²) < 4.78 is 6.95. The van der Waals surface area contributed by atoms with Crippen molar-refractivity contribution in [3.63, 3.8) is 0 Å². The number of rotatable bonds is 5. The number of hydrogen-bond acceptors (Lipinski definition) is 3. The third-order valence-corrected chi connectivity index (χ3v) is 3.16. The molecule has 18 heavy (non-hydrogen) atoms. The maximum absolute atomic E-state index is 6.24. The zero-order valence-electron chi connectivity index (χ0n) is 10.3. The molecular weight excluding hydrogens is 250 g/mol. The monoisotopic (exact) mass is 265 g/mol. The Morgan fingerprint density at radius 1 is 1.44 bits per heavy atom. The van der Waals surface area contributed by atoms with Crippen molar-refractivity contribution >= 4 is 11.6 Å². The van der Waals surface area contributed by atoms with E-state index in [1.165, 1.54) is 0 Å². The van der Waals surface area contributed by atoms with Crippen LogP contribution in [0.15, 0.2) is 30.5 Å². The number of methoxy groups -OCH3 is 1. The number of hydrogen-bond donors (Lipinski definition) is 1. The number of benzene rings is 1. The van der Waals surface area contributed by atoms with Crippen LogP contribution in [-0.2, 0) is 13.0 Å². The highest BCUT2D eigenvalue weighted by atomic mass is 35.5. The SMILES string of the molecule is COc1cccc(Cn2ncc(CCN)c2Cl)c1. The number of nitrogens with two attached hydrogens (primary N) is 1. The predicted octanol–water partition coefficient (Wildman–Crippen LogP) is 2.09. The molecule has 1 aromatic carbocycles. The maximum Gasteiger partial charge on any atom is 0.130 e. The molecule has 2 N–H and O–H groups in total. The number of halogens is 1. The maximum atomic E-state index is 6.24. The molecule has 0 fully saturated rings. The lowest BCUT2D eigenvalue weighted by atomic mass is 10.2. The number of nitrogens with zero attached hydrogens (tertiary/aromatic N) is 2. The van der Waals surface area contributed by atoms with Gasteiger partial charge in [0, 0.05) is 5.56 Å². The van der Waals surface area contributed by atoms with Crippen molar-refractivity contribution in [3.8, 4) is 5.75 Å². The lowest BCUT2D eigenvalue weighted by Crippen LogP contribution is -2.04. The largest absolute Gasteiger partial charge is 0.497 e. The molecule has 0 aliphatic carbocycles. The van der Waals surface area contributed by atoms with Gasteiger partial charge in [-0.25, -0.2) is 4.68 Å². The van der Waals surface area contributed by atoms with E-state index in [0.29, 0.717) is 18.2 Å². The summed E-state index contributed by atoms with van der Waals surface area (Å²) in [7, 11) is 1.65. The number of aromatic nitrogens is 2. The van der Waals surface area contributed by atoms with Crippen LogP contribution in [0.25, 0.3) is 0 Å². The van der Waals surface area contributed by atoms with Crippen LogP contribution in [0.5, 0.6) is 5.75 Å². The summed E-state index contributed by atoms with van der Waals surface area (Å²) in [6, 6.07) is 7.85. The Morgan fingerprint density at radius 3 is 3.00 bits per heavy atom. The topological polar surface area (TPSA) is 53.1 Å². The van der Waals surface area contributed by atoms with E-state index in [-0.39, 0.29) is 0 Å². The van der Waals surface area contributed by atoms with Crippen LogP contribution < -0.4 is 10.5 Å². The minimum atomic E-state index is 0.574. The highest BCUT2D eigenvalue weighted by molar-refractivity contribution is 6.30. The Hall–Kier alpha value is -1.52. The van der Waals surface area contributed by atoms with Gasteiger partial charge in [0.15, 0.2) is 0 Å². The zero-order chi connectivity index (χ0) is 13.0. The predicted molar refractivity (Wildman–Crippen MR) is 72.1 cm³/mol. The molecule has 0 unspecified atom stereocenters. The van der Waals surface area contributed by atoms with Crippen LogP contribution in [0.1, 0.15) is 11.1 Å². The Bertz CT molecular complexity index is 525. The van der Waals surface area contributed by atoms with Gasteiger partial charge in [-0.1, -0.05) is 23.7 Å². The van der Waals surface area contributed by atoms with E-state index in [1.807, 2.05) is 24.3 Å². The molecule has 1 aromatic heterocycles. The van der Waals surface area contributed by atoms with E-state index < -0.39 is 0 Å². The van der Waals surface area contributed by atoms with Gasteiger partial charge < -0.3 is 10.5 Å². The van der Waals surface area contributed by atoms with Crippen molar-refractivity contribution in [2.24, 2.45) is 5.73 Å². The van der Waals surface area contributed by atoms with Crippen molar-refractivity contribution in [3.05, 3.63) is 46.7 Å². The molecule has 0 aliphatic rings. The van der Waals surface area contributed by atoms with Crippen LogP contribution in [0.2, 0.25) is 5.15 Å². The van der Waals surface area contributed by atoms with Gasteiger partial charge in [-0.2, -0.15) is 5.10 Å². The average Bonchev–Trinajstić information content (AvgIpc) is 2.72. The molecule has 0 amide bonds. The summed E-state index contributed by atoms with van der Waals surface area (Å²) >= 11 is 6.24. The van der Waals surface area contributed by atoms with Gasteiger partial charge >= 0.3 is 0 Å². The van der Waals surface area contributed by atoms with Gasteiger partial charge in [0.1, 0.15) is 10.9 Å². The minimum absolute atomic E-state index is 0.574. The molecule has 0 aliphatic heterocycles. The van der Waals surface area contributed by atoms with Gasteiger partial charge in [-0.3, -0.25) is 0 Å². The van der Waals surface area contributed by atoms with Crippen molar-refractivity contribution in [1.29, 1.82) is 0 Å². The first kappa shape index (κ1) is 12.9. The van der Waals surface area contributed by atoms with Crippen LogP contribution in [0.4, 0.5) is 0 Å². The second-order valence-corrected chi connectivity index (χ2v) is 4.37. The lowest BCUT2D eigenvalue weighted by molar-refractivity contribution is 0.414. The van der Waals surface area contributed by atoms with Crippen LogP contribution in [-0.4, -0.2) is 23.4 Å². The molecule has 96 valence electrons. The fraction of sp³-hybridized carbons (Fsp3) is 0.308. The van der Waals surface area contributed by atoms with E-state index in [9.17, 15) is 0 Å². The van der Waals surface area contributed by atoms with Crippen LogP contribution in [0, 0.1) is 0 Å². The third-order valence-electron chi connectivity index (χ3n) is 2.72. The summed E-state index contributed by atoms with van der Waals surface area (Å²) in [6.45, 7) is 1.20. The summed E-state index contributed by atoms with van der Waals surface area (Å²) in [5, 5.41) is 4.93. The molecule has 4 nitrogen and oxygen atoms in total. The van der Waals surface area contributed by atoms with E-state index in [2.05, 4.69) is 5.10 Å². The molecule has 1 heterocycles. The summed E-state index contributed by atoms with van der Waals surface area (Å²) in [5.74, 6) is 0.831. The molecule has 0 saturated heterocycles. The van der Waals surface area contributed by atoms with E-state index in [1.54, 1.807) is 18.0 Å². The van der Waals surface area contributed by atoms with Gasteiger partial charge in [0.2, 0.25) is 0 Å². The summed E-state index contributed by atoms with van der Waals surface area (Å²) in [5.41, 5.74) is 7.60. The molecule has 0 bridgehead atoms. The Balaban J connectivity index is 2.17. The third kappa shape index (κ3) is 2.83. The zero-order valence-corrected chi connectivity index (χ0v) is 11.0. The normalized spacial score (nSPS) is 10.6. The first-order valence-corrected chi connectivity index (χ1v) is 6.15. The van der Waals surface area contributed by atoms with Crippen molar-refractivity contribution in [2.75, 3.05) is 13.7 Å². The van der Waals surface area contributed by atoms with Gasteiger partial charge in [-0.15, -0.1) is 0 Å². The lowest BCUT2D eigenvalue weighted by Gasteiger charge is -2.06. The van der Waals surface area contributed by atoms with Gasteiger partial charge in [0.25, 0.3) is 0 Å². The molecular formula is C13H16ClN3O. The molecule has 0 saturated carbocycles. The van der Waals surface area contributed by atoms with E-state index >= 15 is 0 Å². The second-order valence-electron chi connectivity index (χ2n) is 4.01. The second kappa shape index (κ2) is 5.89. The molecule has 0 atom stereocenters. The average molecular weight is 266 g/mol. The van der Waals surface area contributed by atoms with Crippen molar-refractivity contribution < 1.29 is 4.74 Å².